The third-order valence-electron chi connectivity index (χ3n) is 7.45. The van der Waals surface area contributed by atoms with Crippen LogP contribution in [-0.2, 0) is 12.8 Å². The summed E-state index contributed by atoms with van der Waals surface area (Å²) in [5.74, 6) is 0.532. The molecular formula is C28H43NO6S. The summed E-state index contributed by atoms with van der Waals surface area (Å²) in [4.78, 5) is 0. The van der Waals surface area contributed by atoms with E-state index < -0.39 is 34.7 Å². The fraction of sp³-hybridized carbons (Fsp3) is 0.571. The molecule has 0 saturated carbocycles. The number of unbranched alkanes of at least 4 members (excludes halogenated alkanes) is 1. The molecule has 7 N–H and O–H groups in total. The van der Waals surface area contributed by atoms with Gasteiger partial charge in [0, 0.05) is 11.0 Å². The zero-order chi connectivity index (χ0) is 26.3. The Balaban J connectivity index is 1.57. The summed E-state index contributed by atoms with van der Waals surface area (Å²) in [6.45, 7) is 1.77. The zero-order valence-corrected chi connectivity index (χ0v) is 22.2. The van der Waals surface area contributed by atoms with E-state index in [4.69, 9.17) is 0 Å². The number of aryl methyl sites for hydroxylation is 2. The van der Waals surface area contributed by atoms with Crippen LogP contribution in [0.3, 0.4) is 0 Å². The van der Waals surface area contributed by atoms with Gasteiger partial charge in [-0.25, -0.2) is 10.9 Å². The second-order valence-electron chi connectivity index (χ2n) is 10.3. The minimum Gasteiger partial charge on any atom is -0.394 e. The molecule has 0 spiro atoms. The smallest absolute Gasteiger partial charge is 0.108 e. The lowest BCUT2D eigenvalue weighted by Gasteiger charge is -2.42. The van der Waals surface area contributed by atoms with Gasteiger partial charge in [0.1, 0.15) is 6.10 Å². The van der Waals surface area contributed by atoms with E-state index in [1.807, 2.05) is 6.07 Å². The van der Waals surface area contributed by atoms with Crippen LogP contribution in [0, 0.1) is 6.92 Å². The van der Waals surface area contributed by atoms with Crippen LogP contribution in [0.25, 0.3) is 0 Å². The summed E-state index contributed by atoms with van der Waals surface area (Å²) in [6, 6.07) is 14.9. The first-order valence-corrected chi connectivity index (χ1v) is 14.8. The van der Waals surface area contributed by atoms with Gasteiger partial charge in [-0.1, -0.05) is 42.5 Å². The van der Waals surface area contributed by atoms with Crippen molar-refractivity contribution < 1.29 is 30.6 Å². The Labute approximate surface area is 217 Å². The molecule has 2 aromatic rings. The van der Waals surface area contributed by atoms with E-state index in [-0.39, 0.29) is 25.1 Å². The molecule has 1 fully saturated rings. The van der Waals surface area contributed by atoms with Gasteiger partial charge in [0.15, 0.2) is 0 Å². The van der Waals surface area contributed by atoms with E-state index >= 15 is 0 Å². The summed E-state index contributed by atoms with van der Waals surface area (Å²) in [7, 11) is -0.643. The molecule has 1 saturated heterocycles. The number of aliphatic hydroxyl groups is 6. The monoisotopic (exact) mass is 521 g/mol. The molecule has 0 aromatic heterocycles. The summed E-state index contributed by atoms with van der Waals surface area (Å²) in [5.41, 5.74) is 4.84. The van der Waals surface area contributed by atoms with Crippen LogP contribution in [0.2, 0.25) is 0 Å². The highest BCUT2D eigenvalue weighted by atomic mass is 32.2. The van der Waals surface area contributed by atoms with Gasteiger partial charge in [-0.3, -0.25) is 0 Å². The Morgan fingerprint density at radius 2 is 1.53 bits per heavy atom. The Bertz CT molecular complexity index is 943. The van der Waals surface area contributed by atoms with Crippen LogP contribution >= 0.6 is 10.9 Å². The average molecular weight is 522 g/mol. The Morgan fingerprint density at radius 1 is 0.889 bits per heavy atom. The number of rotatable bonds is 12. The van der Waals surface area contributed by atoms with Crippen molar-refractivity contribution in [1.82, 2.24) is 5.32 Å². The standard InChI is InChI=1S/C28H43NO6S/c1-19-6-11-22(27-26(35)25(34)24(33)15-36(27)2)14-23(19)13-21-9-7-20(8-10-21)5-3-4-12-29-28(16-30,17-31)18-32/h6-11,14,24-27,29-36H,3-5,12-13,15-18H2,1-2H3/t24-,25-,26-,27?/m1/s1. The lowest BCUT2D eigenvalue weighted by atomic mass is 9.93. The van der Waals surface area contributed by atoms with Crippen LogP contribution in [0.15, 0.2) is 42.5 Å². The maximum atomic E-state index is 10.7. The van der Waals surface area contributed by atoms with Crippen molar-refractivity contribution in [3.8, 4) is 0 Å². The quantitative estimate of drug-likeness (QED) is 0.154. The van der Waals surface area contributed by atoms with Crippen molar-refractivity contribution in [3.05, 3.63) is 70.3 Å². The molecule has 0 radical (unpaired) electrons. The van der Waals surface area contributed by atoms with Crippen LogP contribution in [0.1, 0.15) is 45.9 Å². The summed E-state index contributed by atoms with van der Waals surface area (Å²) >= 11 is 0. The minimum atomic E-state index is -1.11. The van der Waals surface area contributed by atoms with Crippen LogP contribution in [0.4, 0.5) is 0 Å². The maximum Gasteiger partial charge on any atom is 0.108 e. The third kappa shape index (κ3) is 7.08. The predicted octanol–water partition coefficient (Wildman–Crippen LogP) is 0.982. The lowest BCUT2D eigenvalue weighted by Crippen LogP contribution is -2.55. The molecule has 1 aliphatic heterocycles. The van der Waals surface area contributed by atoms with E-state index in [2.05, 4.69) is 54.9 Å². The predicted molar refractivity (Wildman–Crippen MR) is 146 cm³/mol. The largest absolute Gasteiger partial charge is 0.394 e. The molecular weight excluding hydrogens is 478 g/mol. The van der Waals surface area contributed by atoms with Crippen molar-refractivity contribution in [2.45, 2.75) is 61.7 Å². The highest BCUT2D eigenvalue weighted by Gasteiger charge is 2.40. The molecule has 1 aliphatic rings. The van der Waals surface area contributed by atoms with Crippen LogP contribution in [0.5, 0.6) is 0 Å². The van der Waals surface area contributed by atoms with Gasteiger partial charge in [0.25, 0.3) is 0 Å². The average Bonchev–Trinajstić information content (AvgIpc) is 2.88. The Hall–Kier alpha value is -1.49. The lowest BCUT2D eigenvalue weighted by molar-refractivity contribution is -0.0561. The third-order valence-corrected chi connectivity index (χ3v) is 9.95. The van der Waals surface area contributed by atoms with Gasteiger partial charge >= 0.3 is 0 Å². The first-order valence-electron chi connectivity index (χ1n) is 12.7. The normalized spacial score (nSPS) is 25.7. The highest BCUT2D eigenvalue weighted by Crippen LogP contribution is 2.48. The molecule has 0 amide bonds. The topological polar surface area (TPSA) is 133 Å². The number of hydrogen-bond donors (Lipinski definition) is 8. The van der Waals surface area contributed by atoms with E-state index in [9.17, 15) is 30.6 Å². The number of aliphatic hydroxyl groups excluding tert-OH is 6. The van der Waals surface area contributed by atoms with E-state index in [0.29, 0.717) is 12.3 Å². The fourth-order valence-electron chi connectivity index (χ4n) is 4.88. The molecule has 8 heteroatoms. The van der Waals surface area contributed by atoms with E-state index in [1.54, 1.807) is 0 Å². The second kappa shape index (κ2) is 13.3. The molecule has 7 nitrogen and oxygen atoms in total. The molecule has 5 atom stereocenters. The van der Waals surface area contributed by atoms with Crippen LogP contribution < -0.4 is 5.32 Å². The Kier molecular flexibility index (Phi) is 10.8. The number of nitrogens with one attached hydrogen (secondary N) is 1. The Morgan fingerprint density at radius 3 is 2.17 bits per heavy atom. The van der Waals surface area contributed by atoms with Crippen LogP contribution in [-0.4, -0.2) is 92.9 Å². The minimum absolute atomic E-state index is 0.146. The first kappa shape index (κ1) is 29.1. The molecule has 0 aliphatic carbocycles. The molecule has 3 rings (SSSR count). The summed E-state index contributed by atoms with van der Waals surface area (Å²) < 4.78 is 0. The van der Waals surface area contributed by atoms with Crippen molar-refractivity contribution in [3.63, 3.8) is 0 Å². The van der Waals surface area contributed by atoms with Crippen molar-refractivity contribution >= 4 is 10.9 Å². The number of thiol groups is 1. The maximum absolute atomic E-state index is 10.7. The van der Waals surface area contributed by atoms with Crippen molar-refractivity contribution in [2.75, 3.05) is 38.4 Å². The molecule has 202 valence electrons. The molecule has 0 bridgehead atoms. The highest BCUT2D eigenvalue weighted by molar-refractivity contribution is 8.16. The molecule has 2 unspecified atom stereocenters. The molecule has 1 heterocycles. The van der Waals surface area contributed by atoms with E-state index in [1.165, 1.54) is 22.3 Å². The zero-order valence-electron chi connectivity index (χ0n) is 21.3. The van der Waals surface area contributed by atoms with Gasteiger partial charge in [0.05, 0.1) is 37.6 Å². The number of hydrogen-bond acceptors (Lipinski definition) is 7. The van der Waals surface area contributed by atoms with Gasteiger partial charge < -0.3 is 36.0 Å². The summed E-state index contributed by atoms with van der Waals surface area (Å²) in [6.07, 6.45) is 2.69. The first-order chi connectivity index (χ1) is 17.2. The SMILES string of the molecule is Cc1ccc(C2[C@H](O)[C@H](O)[C@H](O)C[SH]2C)cc1Cc1ccc(CCCCNC(CO)(CO)CO)cc1. The van der Waals surface area contributed by atoms with Crippen molar-refractivity contribution in [2.24, 2.45) is 0 Å². The van der Waals surface area contributed by atoms with E-state index in [0.717, 1.165) is 31.2 Å². The van der Waals surface area contributed by atoms with Gasteiger partial charge in [-0.15, -0.1) is 0 Å². The molecule has 2 aromatic carbocycles. The van der Waals surface area contributed by atoms with Gasteiger partial charge in [0.2, 0.25) is 0 Å². The van der Waals surface area contributed by atoms with Crippen molar-refractivity contribution in [1.29, 1.82) is 0 Å². The number of benzene rings is 2. The molecule has 36 heavy (non-hydrogen) atoms. The fourth-order valence-corrected chi connectivity index (χ4v) is 7.28. The second-order valence-corrected chi connectivity index (χ2v) is 12.7. The van der Waals surface area contributed by atoms with Gasteiger partial charge in [-0.05, 0) is 73.2 Å². The van der Waals surface area contributed by atoms with Gasteiger partial charge in [-0.2, -0.15) is 0 Å². The summed E-state index contributed by atoms with van der Waals surface area (Å²) in [5, 5.41) is 61.9.